The van der Waals surface area contributed by atoms with Gasteiger partial charge in [-0.15, -0.1) is 0 Å². The molecule has 9 aromatic rings. The fourth-order valence-corrected chi connectivity index (χ4v) is 10.6. The van der Waals surface area contributed by atoms with Gasteiger partial charge in [-0.2, -0.15) is 0 Å². The van der Waals surface area contributed by atoms with Crippen molar-refractivity contribution in [3.8, 4) is 44.5 Å². The molecule has 2 nitrogen and oxygen atoms in total. The Morgan fingerprint density at radius 2 is 1.08 bits per heavy atom. The van der Waals surface area contributed by atoms with Gasteiger partial charge in [-0.1, -0.05) is 204 Å². The molecule has 2 N–H and O–H groups in total. The van der Waals surface area contributed by atoms with Gasteiger partial charge in [0.05, 0.1) is 12.3 Å². The summed E-state index contributed by atoms with van der Waals surface area (Å²) in [7, 11) is 0. The summed E-state index contributed by atoms with van der Waals surface area (Å²) >= 11 is 0. The standard InChI is InChI=1S/C60H48N2/c1-59(2)52-26-13-12-22-49(52)57-50(25-15-27-53(57)59)56(62-37-38-16-6-5-7-17-38)36-55(61)47-33-32-43(45-20-10-11-21-46(45)47)39-28-30-40(31-29-39)44-23-14-24-48-51-34-41-18-8-9-19-42(41)35-54(51)60(3,4)58(44)48/h5-36H,37,61H2,1-4H3/b55-36-,62-56?. The molecule has 0 bridgehead atoms. The summed E-state index contributed by atoms with van der Waals surface area (Å²) in [6.07, 6.45) is 2.10. The predicted molar refractivity (Wildman–Crippen MR) is 263 cm³/mol. The molecule has 0 spiro atoms. The van der Waals surface area contributed by atoms with E-state index in [9.17, 15) is 0 Å². The van der Waals surface area contributed by atoms with Crippen LogP contribution in [0, 0.1) is 0 Å². The Morgan fingerprint density at radius 3 is 1.87 bits per heavy atom. The Labute approximate surface area is 364 Å². The molecule has 2 heteroatoms. The lowest BCUT2D eigenvalue weighted by atomic mass is 9.78. The van der Waals surface area contributed by atoms with Crippen molar-refractivity contribution in [3.05, 3.63) is 233 Å². The van der Waals surface area contributed by atoms with E-state index in [1.807, 2.05) is 6.07 Å². The van der Waals surface area contributed by atoms with Crippen LogP contribution in [0.3, 0.4) is 0 Å². The maximum atomic E-state index is 7.24. The molecular formula is C60H48N2. The summed E-state index contributed by atoms with van der Waals surface area (Å²) in [5, 5.41) is 4.85. The second-order valence-corrected chi connectivity index (χ2v) is 18.1. The summed E-state index contributed by atoms with van der Waals surface area (Å²) in [4.78, 5) is 5.32. The van der Waals surface area contributed by atoms with Gasteiger partial charge in [0.25, 0.3) is 0 Å². The van der Waals surface area contributed by atoms with Crippen molar-refractivity contribution in [2.45, 2.75) is 45.1 Å². The maximum Gasteiger partial charge on any atom is 0.0677 e. The number of nitrogens with zero attached hydrogens (tertiary/aromatic N) is 1. The van der Waals surface area contributed by atoms with Crippen LogP contribution in [0.1, 0.15) is 66.6 Å². The summed E-state index contributed by atoms with van der Waals surface area (Å²) in [6, 6.07) is 68.4. The van der Waals surface area contributed by atoms with Crippen molar-refractivity contribution in [3.63, 3.8) is 0 Å². The topological polar surface area (TPSA) is 38.4 Å². The Balaban J connectivity index is 0.977. The first kappa shape index (κ1) is 37.7. The van der Waals surface area contributed by atoms with E-state index >= 15 is 0 Å². The van der Waals surface area contributed by atoms with Crippen molar-refractivity contribution in [2.75, 3.05) is 0 Å². The number of aliphatic imine (C=N–C) groups is 1. The van der Waals surface area contributed by atoms with Gasteiger partial charge in [-0.3, -0.25) is 4.99 Å². The average Bonchev–Trinajstić information content (AvgIpc) is 3.68. The van der Waals surface area contributed by atoms with Crippen LogP contribution in [0.5, 0.6) is 0 Å². The molecule has 0 saturated carbocycles. The van der Waals surface area contributed by atoms with E-state index in [2.05, 4.69) is 216 Å². The largest absolute Gasteiger partial charge is 0.398 e. The molecule has 2 aliphatic rings. The number of hydrogen-bond donors (Lipinski definition) is 1. The minimum atomic E-state index is -0.128. The summed E-state index contributed by atoms with van der Waals surface area (Å²) in [5.41, 5.74) is 27.3. The third-order valence-corrected chi connectivity index (χ3v) is 13.7. The second-order valence-electron chi connectivity index (χ2n) is 18.1. The Morgan fingerprint density at radius 1 is 0.468 bits per heavy atom. The zero-order chi connectivity index (χ0) is 42.2. The Bertz CT molecular complexity index is 3310. The molecular weight excluding hydrogens is 749 g/mol. The van der Waals surface area contributed by atoms with Crippen LogP contribution in [-0.2, 0) is 17.4 Å². The van der Waals surface area contributed by atoms with Gasteiger partial charge in [0.2, 0.25) is 0 Å². The van der Waals surface area contributed by atoms with Gasteiger partial charge < -0.3 is 5.73 Å². The number of fused-ring (bicyclic) bond motifs is 8. The molecule has 0 radical (unpaired) electrons. The highest BCUT2D eigenvalue weighted by atomic mass is 14.7. The van der Waals surface area contributed by atoms with Gasteiger partial charge in [-0.25, -0.2) is 0 Å². The molecule has 298 valence electrons. The number of nitrogens with two attached hydrogens (primary N) is 1. The van der Waals surface area contributed by atoms with E-state index in [1.54, 1.807) is 0 Å². The van der Waals surface area contributed by atoms with E-state index < -0.39 is 0 Å². The van der Waals surface area contributed by atoms with Crippen LogP contribution in [0.25, 0.3) is 71.7 Å². The zero-order valence-electron chi connectivity index (χ0n) is 35.7. The van der Waals surface area contributed by atoms with Crippen molar-refractivity contribution in [1.82, 2.24) is 0 Å². The SMILES string of the molecule is CC1(C)c2ccccc2-c2c(C(/C=C(\N)c3ccc(-c4ccc(-c5cccc6c5C(C)(C)c5cc7ccccc7cc5-6)cc4)c4ccccc34)=NCc3ccccc3)cccc21. The number of rotatable bonds is 7. The van der Waals surface area contributed by atoms with Crippen LogP contribution in [0.15, 0.2) is 199 Å². The van der Waals surface area contributed by atoms with Crippen LogP contribution >= 0.6 is 0 Å². The zero-order valence-corrected chi connectivity index (χ0v) is 35.7. The summed E-state index contributed by atoms with van der Waals surface area (Å²) in [5.74, 6) is 0. The van der Waals surface area contributed by atoms with Crippen LogP contribution < -0.4 is 5.73 Å². The van der Waals surface area contributed by atoms with Crippen molar-refractivity contribution >= 4 is 33.0 Å². The van der Waals surface area contributed by atoms with E-state index in [-0.39, 0.29) is 10.8 Å². The third kappa shape index (κ3) is 5.97. The molecule has 2 aliphatic carbocycles. The van der Waals surface area contributed by atoms with Crippen LogP contribution in [0.4, 0.5) is 0 Å². The highest BCUT2D eigenvalue weighted by molar-refractivity contribution is 6.17. The Hall–Kier alpha value is -7.29. The van der Waals surface area contributed by atoms with Gasteiger partial charge in [0.15, 0.2) is 0 Å². The molecule has 0 fully saturated rings. The van der Waals surface area contributed by atoms with Crippen LogP contribution in [0.2, 0.25) is 0 Å². The molecule has 0 unspecified atom stereocenters. The number of benzene rings is 9. The van der Waals surface area contributed by atoms with Crippen LogP contribution in [-0.4, -0.2) is 5.71 Å². The third-order valence-electron chi connectivity index (χ3n) is 13.7. The van der Waals surface area contributed by atoms with E-state index in [4.69, 9.17) is 10.7 Å². The van der Waals surface area contributed by atoms with Gasteiger partial charge in [0, 0.05) is 27.7 Å². The molecule has 9 aromatic carbocycles. The van der Waals surface area contributed by atoms with E-state index in [1.165, 1.54) is 77.5 Å². The van der Waals surface area contributed by atoms with Crippen molar-refractivity contribution in [1.29, 1.82) is 0 Å². The van der Waals surface area contributed by atoms with Gasteiger partial charge in [0.1, 0.15) is 0 Å². The van der Waals surface area contributed by atoms with Gasteiger partial charge in [-0.05, 0) is 112 Å². The monoisotopic (exact) mass is 796 g/mol. The normalized spacial score (nSPS) is 14.7. The molecule has 0 aliphatic heterocycles. The first-order valence-electron chi connectivity index (χ1n) is 21.8. The summed E-state index contributed by atoms with van der Waals surface area (Å²) in [6.45, 7) is 9.95. The maximum absolute atomic E-state index is 7.24. The lowest BCUT2D eigenvalue weighted by Crippen LogP contribution is -2.16. The molecule has 0 saturated heterocycles. The van der Waals surface area contributed by atoms with Crippen molar-refractivity contribution in [2.24, 2.45) is 10.7 Å². The first-order chi connectivity index (χ1) is 30.2. The molecule has 62 heavy (non-hydrogen) atoms. The molecule has 11 rings (SSSR count). The lowest BCUT2D eigenvalue weighted by molar-refractivity contribution is 0.660. The smallest absolute Gasteiger partial charge is 0.0677 e. The number of hydrogen-bond acceptors (Lipinski definition) is 2. The van der Waals surface area contributed by atoms with Gasteiger partial charge >= 0.3 is 0 Å². The van der Waals surface area contributed by atoms with E-state index in [0.29, 0.717) is 12.2 Å². The van der Waals surface area contributed by atoms with E-state index in [0.717, 1.165) is 33.2 Å². The van der Waals surface area contributed by atoms with Crippen molar-refractivity contribution < 1.29 is 0 Å². The minimum Gasteiger partial charge on any atom is -0.398 e. The predicted octanol–water partition coefficient (Wildman–Crippen LogP) is 14.9. The quantitative estimate of drug-likeness (QED) is 0.160. The first-order valence-corrected chi connectivity index (χ1v) is 21.8. The minimum absolute atomic E-state index is 0.120. The fraction of sp³-hybridized carbons (Fsp3) is 0.117. The lowest BCUT2D eigenvalue weighted by Gasteiger charge is -2.25. The fourth-order valence-electron chi connectivity index (χ4n) is 10.6. The molecule has 0 amide bonds. The average molecular weight is 797 g/mol. The number of allylic oxidation sites excluding steroid dienone is 1. The summed E-state index contributed by atoms with van der Waals surface area (Å²) < 4.78 is 0. The molecule has 0 aromatic heterocycles. The Kier molecular flexibility index (Phi) is 8.77. The second kappa shape index (κ2) is 14.4. The molecule has 0 heterocycles. The highest BCUT2D eigenvalue weighted by Gasteiger charge is 2.38. The molecule has 0 atom stereocenters. The highest BCUT2D eigenvalue weighted by Crippen LogP contribution is 2.54.